The number of nitrogens with zero attached hydrogens (tertiary/aromatic N) is 2. The molecule has 0 bridgehead atoms. The van der Waals surface area contributed by atoms with Crippen LogP contribution < -0.4 is 4.90 Å². The molecule has 0 radical (unpaired) electrons. The minimum Gasteiger partial charge on any atom is -0.478 e. The van der Waals surface area contributed by atoms with Crippen molar-refractivity contribution < 1.29 is 14.3 Å². The summed E-state index contributed by atoms with van der Waals surface area (Å²) in [5.74, 6) is -1.34. The van der Waals surface area contributed by atoms with E-state index in [1.807, 2.05) is 19.0 Å². The lowest BCUT2D eigenvalue weighted by Gasteiger charge is -2.23. The lowest BCUT2D eigenvalue weighted by Crippen LogP contribution is -2.32. The number of para-hydroxylation sites is 1. The van der Waals surface area contributed by atoms with Gasteiger partial charge in [0.05, 0.1) is 5.69 Å². The topological polar surface area (TPSA) is 43.8 Å². The number of carboxylic acid groups (broad SMARTS) is 1. The van der Waals surface area contributed by atoms with Gasteiger partial charge in [-0.05, 0) is 32.7 Å². The van der Waals surface area contributed by atoms with Crippen LogP contribution in [0.4, 0.5) is 10.1 Å². The monoisotopic (exact) mass is 278 g/mol. The smallest absolute Gasteiger partial charge is 0.328 e. The third-order valence-electron chi connectivity index (χ3n) is 3.63. The summed E-state index contributed by atoms with van der Waals surface area (Å²) in [6.07, 6.45) is 3.46. The van der Waals surface area contributed by atoms with E-state index < -0.39 is 5.97 Å². The van der Waals surface area contributed by atoms with E-state index in [0.717, 1.165) is 25.6 Å². The van der Waals surface area contributed by atoms with Gasteiger partial charge in [0.1, 0.15) is 5.82 Å². The van der Waals surface area contributed by atoms with Gasteiger partial charge in [0.2, 0.25) is 0 Å². The summed E-state index contributed by atoms with van der Waals surface area (Å²) >= 11 is 0. The Labute approximate surface area is 118 Å². The molecule has 0 aromatic heterocycles. The van der Waals surface area contributed by atoms with Crippen LogP contribution in [-0.4, -0.2) is 49.2 Å². The molecule has 5 heteroatoms. The van der Waals surface area contributed by atoms with Gasteiger partial charge in [-0.3, -0.25) is 0 Å². The van der Waals surface area contributed by atoms with Crippen molar-refractivity contribution in [3.8, 4) is 0 Å². The second-order valence-corrected chi connectivity index (χ2v) is 5.20. The number of carbonyl (C=O) groups is 1. The molecule has 1 heterocycles. The minimum atomic E-state index is -1.03. The van der Waals surface area contributed by atoms with Crippen molar-refractivity contribution in [1.29, 1.82) is 0 Å². The highest BCUT2D eigenvalue weighted by Crippen LogP contribution is 2.29. The van der Waals surface area contributed by atoms with Crippen molar-refractivity contribution in [2.45, 2.75) is 12.5 Å². The predicted octanol–water partition coefficient (Wildman–Crippen LogP) is 2.06. The standard InChI is InChI=1S/C15H19FN2O2/c1-17(2)12-8-9-18(10-12)15-11(6-7-14(19)20)4-3-5-13(15)16/h3-7,12H,8-10H2,1-2H3,(H,19,20)/b7-6+. The lowest BCUT2D eigenvalue weighted by atomic mass is 10.1. The number of hydrogen-bond donors (Lipinski definition) is 1. The summed E-state index contributed by atoms with van der Waals surface area (Å²) < 4.78 is 14.1. The van der Waals surface area contributed by atoms with Crippen molar-refractivity contribution in [1.82, 2.24) is 4.90 Å². The van der Waals surface area contributed by atoms with E-state index in [0.29, 0.717) is 17.3 Å². The molecule has 0 spiro atoms. The lowest BCUT2D eigenvalue weighted by molar-refractivity contribution is -0.131. The molecule has 1 atom stereocenters. The minimum absolute atomic E-state index is 0.308. The highest BCUT2D eigenvalue weighted by Gasteiger charge is 2.26. The van der Waals surface area contributed by atoms with Gasteiger partial charge >= 0.3 is 5.97 Å². The van der Waals surface area contributed by atoms with Crippen LogP contribution in [0.25, 0.3) is 6.08 Å². The normalized spacial score (nSPS) is 19.2. The fourth-order valence-electron chi connectivity index (χ4n) is 2.53. The molecule has 1 aromatic rings. The molecule has 4 nitrogen and oxygen atoms in total. The zero-order valence-corrected chi connectivity index (χ0v) is 11.7. The van der Waals surface area contributed by atoms with Gasteiger partial charge in [-0.2, -0.15) is 0 Å². The molecule has 1 saturated heterocycles. The zero-order valence-electron chi connectivity index (χ0n) is 11.7. The largest absolute Gasteiger partial charge is 0.478 e. The highest BCUT2D eigenvalue weighted by atomic mass is 19.1. The van der Waals surface area contributed by atoms with Gasteiger partial charge < -0.3 is 14.9 Å². The van der Waals surface area contributed by atoms with Crippen LogP contribution in [0.2, 0.25) is 0 Å². The molecule has 0 aliphatic carbocycles. The molecule has 1 aromatic carbocycles. The van der Waals surface area contributed by atoms with E-state index in [4.69, 9.17) is 5.11 Å². The first-order valence-corrected chi connectivity index (χ1v) is 6.60. The molecule has 1 aliphatic rings. The van der Waals surface area contributed by atoms with Crippen LogP contribution in [0.3, 0.4) is 0 Å². The van der Waals surface area contributed by atoms with E-state index in [9.17, 15) is 9.18 Å². The number of rotatable bonds is 4. The number of carboxylic acids is 1. The first-order valence-electron chi connectivity index (χ1n) is 6.60. The van der Waals surface area contributed by atoms with Gasteiger partial charge in [0, 0.05) is 30.8 Å². The van der Waals surface area contributed by atoms with Gasteiger partial charge in [-0.25, -0.2) is 9.18 Å². The first kappa shape index (κ1) is 14.5. The van der Waals surface area contributed by atoms with Crippen molar-refractivity contribution in [3.63, 3.8) is 0 Å². The SMILES string of the molecule is CN(C)C1CCN(c2c(F)cccc2/C=C/C(=O)O)C1. The van der Waals surface area contributed by atoms with Crippen molar-refractivity contribution in [2.75, 3.05) is 32.1 Å². The maximum Gasteiger partial charge on any atom is 0.328 e. The average Bonchev–Trinajstić information content (AvgIpc) is 2.85. The molecule has 0 amide bonds. The van der Waals surface area contributed by atoms with E-state index in [1.54, 1.807) is 12.1 Å². The van der Waals surface area contributed by atoms with E-state index in [1.165, 1.54) is 12.1 Å². The quantitative estimate of drug-likeness (QED) is 0.856. The van der Waals surface area contributed by atoms with Crippen molar-refractivity contribution >= 4 is 17.7 Å². The summed E-state index contributed by atoms with van der Waals surface area (Å²) in [6, 6.07) is 5.14. The van der Waals surface area contributed by atoms with Crippen LogP contribution >= 0.6 is 0 Å². The Morgan fingerprint density at radius 3 is 2.85 bits per heavy atom. The number of hydrogen-bond acceptors (Lipinski definition) is 3. The van der Waals surface area contributed by atoms with Gasteiger partial charge in [-0.15, -0.1) is 0 Å². The third kappa shape index (κ3) is 3.17. The van der Waals surface area contributed by atoms with Gasteiger partial charge in [0.15, 0.2) is 0 Å². The molecule has 0 saturated carbocycles. The van der Waals surface area contributed by atoms with Crippen molar-refractivity contribution in [3.05, 3.63) is 35.7 Å². The Bertz CT molecular complexity index is 529. The number of aliphatic carboxylic acids is 1. The summed E-state index contributed by atoms with van der Waals surface area (Å²) in [7, 11) is 4.03. The van der Waals surface area contributed by atoms with Crippen LogP contribution in [0.15, 0.2) is 24.3 Å². The molecule has 1 N–H and O–H groups in total. The summed E-state index contributed by atoms with van der Waals surface area (Å²) in [5, 5.41) is 8.71. The van der Waals surface area contributed by atoms with Gasteiger partial charge in [0.25, 0.3) is 0 Å². The summed E-state index contributed by atoms with van der Waals surface area (Å²) in [5.41, 5.74) is 1.10. The second kappa shape index (κ2) is 6.05. The summed E-state index contributed by atoms with van der Waals surface area (Å²) in [4.78, 5) is 14.8. The van der Waals surface area contributed by atoms with Crippen LogP contribution in [0.5, 0.6) is 0 Å². The molecule has 2 rings (SSSR count). The van der Waals surface area contributed by atoms with Crippen LogP contribution in [-0.2, 0) is 4.79 Å². The second-order valence-electron chi connectivity index (χ2n) is 5.20. The Hall–Kier alpha value is -1.88. The Morgan fingerprint density at radius 1 is 1.50 bits per heavy atom. The molecular formula is C15H19FN2O2. The molecule has 1 aliphatic heterocycles. The third-order valence-corrected chi connectivity index (χ3v) is 3.63. The summed E-state index contributed by atoms with van der Waals surface area (Å²) in [6.45, 7) is 1.53. The number of likely N-dealkylation sites (N-methyl/N-ethyl adjacent to an activating group) is 1. The molecule has 108 valence electrons. The average molecular weight is 278 g/mol. The Kier molecular flexibility index (Phi) is 4.39. The number of anilines is 1. The Balaban J connectivity index is 2.29. The fraction of sp³-hybridized carbons (Fsp3) is 0.400. The molecule has 20 heavy (non-hydrogen) atoms. The van der Waals surface area contributed by atoms with E-state index in [2.05, 4.69) is 4.90 Å². The van der Waals surface area contributed by atoms with Gasteiger partial charge in [-0.1, -0.05) is 12.1 Å². The maximum atomic E-state index is 14.1. The predicted molar refractivity (Wildman–Crippen MR) is 77.4 cm³/mol. The zero-order chi connectivity index (χ0) is 14.7. The van der Waals surface area contributed by atoms with Crippen LogP contribution in [0, 0.1) is 5.82 Å². The first-order chi connectivity index (χ1) is 9.49. The molecule has 1 unspecified atom stereocenters. The maximum absolute atomic E-state index is 14.1. The Morgan fingerprint density at radius 2 is 2.25 bits per heavy atom. The molecule has 1 fully saturated rings. The number of benzene rings is 1. The van der Waals surface area contributed by atoms with Crippen molar-refractivity contribution in [2.24, 2.45) is 0 Å². The number of halogens is 1. The molecular weight excluding hydrogens is 259 g/mol. The van der Waals surface area contributed by atoms with Crippen LogP contribution in [0.1, 0.15) is 12.0 Å². The fourth-order valence-corrected chi connectivity index (χ4v) is 2.53. The van der Waals surface area contributed by atoms with E-state index in [-0.39, 0.29) is 5.82 Å². The van der Waals surface area contributed by atoms with E-state index >= 15 is 0 Å². The highest BCUT2D eigenvalue weighted by molar-refractivity contribution is 5.87.